The van der Waals surface area contributed by atoms with Gasteiger partial charge in [-0.15, -0.1) is 0 Å². The second-order valence-corrected chi connectivity index (χ2v) is 6.11. The molecule has 0 bridgehead atoms. The Labute approximate surface area is 111 Å². The van der Waals surface area contributed by atoms with Crippen molar-refractivity contribution in [2.75, 3.05) is 18.4 Å². The lowest BCUT2D eigenvalue weighted by Crippen LogP contribution is -2.36. The van der Waals surface area contributed by atoms with Crippen molar-refractivity contribution in [2.45, 2.75) is 46.1 Å². The molecule has 0 amide bonds. The molecule has 1 atom stereocenters. The van der Waals surface area contributed by atoms with Gasteiger partial charge in [-0.05, 0) is 36.0 Å². The van der Waals surface area contributed by atoms with Crippen molar-refractivity contribution in [1.82, 2.24) is 0 Å². The van der Waals surface area contributed by atoms with Crippen molar-refractivity contribution >= 4 is 5.69 Å². The second-order valence-electron chi connectivity index (χ2n) is 6.11. The minimum atomic E-state index is 0.00564. The summed E-state index contributed by atoms with van der Waals surface area (Å²) >= 11 is 0. The summed E-state index contributed by atoms with van der Waals surface area (Å²) in [6, 6.07) is 4.51. The molecule has 0 saturated carbocycles. The van der Waals surface area contributed by atoms with E-state index >= 15 is 0 Å². The highest BCUT2D eigenvalue weighted by Gasteiger charge is 2.16. The topological polar surface area (TPSA) is 64.1 Å². The van der Waals surface area contributed by atoms with Crippen LogP contribution in [0.5, 0.6) is 0 Å². The van der Waals surface area contributed by atoms with Crippen molar-refractivity contribution < 1.29 is 0 Å². The maximum atomic E-state index is 5.83. The standard InChI is InChI=1S/C15H27N3/c1-10-6-12(15(3,4)5)7-11(2)14(10)18-9-13(17)8-16/h6-7,13,18H,8-9,16-17H2,1-5H3. The van der Waals surface area contributed by atoms with Crippen LogP contribution in [0.1, 0.15) is 37.5 Å². The van der Waals surface area contributed by atoms with Crippen LogP contribution in [0.3, 0.4) is 0 Å². The highest BCUT2D eigenvalue weighted by molar-refractivity contribution is 5.59. The molecule has 5 N–H and O–H groups in total. The van der Waals surface area contributed by atoms with E-state index in [1.807, 2.05) is 0 Å². The molecule has 1 aromatic rings. The van der Waals surface area contributed by atoms with E-state index in [0.717, 1.165) is 0 Å². The highest BCUT2D eigenvalue weighted by Crippen LogP contribution is 2.29. The molecule has 0 aliphatic carbocycles. The van der Waals surface area contributed by atoms with Crippen molar-refractivity contribution in [3.63, 3.8) is 0 Å². The Balaban J connectivity index is 2.95. The summed E-state index contributed by atoms with van der Waals surface area (Å²) in [5, 5.41) is 3.41. The molecule has 0 aliphatic rings. The molecule has 3 heteroatoms. The zero-order valence-corrected chi connectivity index (χ0v) is 12.3. The normalized spacial score (nSPS) is 13.5. The maximum Gasteiger partial charge on any atom is 0.0400 e. The van der Waals surface area contributed by atoms with Crippen molar-refractivity contribution in [2.24, 2.45) is 11.5 Å². The van der Waals surface area contributed by atoms with Crippen LogP contribution in [0.25, 0.3) is 0 Å². The fourth-order valence-corrected chi connectivity index (χ4v) is 1.99. The van der Waals surface area contributed by atoms with E-state index in [1.54, 1.807) is 0 Å². The fraction of sp³-hybridized carbons (Fsp3) is 0.600. The van der Waals surface area contributed by atoms with Crippen LogP contribution in [0.4, 0.5) is 5.69 Å². The molecular formula is C15H27N3. The Kier molecular flexibility index (Phi) is 4.77. The van der Waals surface area contributed by atoms with E-state index in [4.69, 9.17) is 11.5 Å². The van der Waals surface area contributed by atoms with Crippen LogP contribution in [-0.4, -0.2) is 19.1 Å². The number of benzene rings is 1. The Hall–Kier alpha value is -1.06. The zero-order chi connectivity index (χ0) is 13.9. The van der Waals surface area contributed by atoms with Crippen LogP contribution in [0, 0.1) is 13.8 Å². The van der Waals surface area contributed by atoms with Gasteiger partial charge in [-0.3, -0.25) is 0 Å². The molecule has 0 spiro atoms. The summed E-state index contributed by atoms with van der Waals surface area (Å²) in [5.41, 5.74) is 16.6. The molecule has 3 nitrogen and oxygen atoms in total. The van der Waals surface area contributed by atoms with Gasteiger partial charge in [0.25, 0.3) is 0 Å². The number of rotatable bonds is 4. The predicted molar refractivity (Wildman–Crippen MR) is 80.1 cm³/mol. The number of anilines is 1. The number of hydrogen-bond acceptors (Lipinski definition) is 3. The van der Waals surface area contributed by atoms with Gasteiger partial charge in [-0.1, -0.05) is 32.9 Å². The summed E-state index contributed by atoms with van der Waals surface area (Å²) in [6.07, 6.45) is 0. The van der Waals surface area contributed by atoms with E-state index in [0.29, 0.717) is 13.1 Å². The molecular weight excluding hydrogens is 222 g/mol. The molecule has 1 rings (SSSR count). The van der Waals surface area contributed by atoms with E-state index < -0.39 is 0 Å². The van der Waals surface area contributed by atoms with Crippen LogP contribution in [-0.2, 0) is 5.41 Å². The van der Waals surface area contributed by atoms with E-state index in [2.05, 4.69) is 52.1 Å². The third kappa shape index (κ3) is 3.72. The minimum absolute atomic E-state index is 0.00564. The molecule has 0 radical (unpaired) electrons. The van der Waals surface area contributed by atoms with Crippen LogP contribution < -0.4 is 16.8 Å². The average Bonchev–Trinajstić information content (AvgIpc) is 2.26. The summed E-state index contributed by atoms with van der Waals surface area (Å²) in [6.45, 7) is 12.2. The van der Waals surface area contributed by atoms with Crippen LogP contribution in [0.15, 0.2) is 12.1 Å². The Morgan fingerprint density at radius 2 is 1.67 bits per heavy atom. The number of nitrogens with one attached hydrogen (secondary N) is 1. The number of nitrogens with two attached hydrogens (primary N) is 2. The third-order valence-corrected chi connectivity index (χ3v) is 3.24. The molecule has 0 aromatic heterocycles. The van der Waals surface area contributed by atoms with Gasteiger partial charge >= 0.3 is 0 Å². The lowest BCUT2D eigenvalue weighted by molar-refractivity contribution is 0.589. The van der Waals surface area contributed by atoms with Crippen LogP contribution >= 0.6 is 0 Å². The molecule has 0 fully saturated rings. The summed E-state index contributed by atoms with van der Waals surface area (Å²) < 4.78 is 0. The number of aryl methyl sites for hydroxylation is 2. The predicted octanol–water partition coefficient (Wildman–Crippen LogP) is 2.30. The lowest BCUT2D eigenvalue weighted by atomic mass is 9.85. The van der Waals surface area contributed by atoms with Crippen molar-refractivity contribution in [1.29, 1.82) is 0 Å². The SMILES string of the molecule is Cc1cc(C(C)(C)C)cc(C)c1NCC(N)CN. The van der Waals surface area contributed by atoms with E-state index in [-0.39, 0.29) is 11.5 Å². The Bertz CT molecular complexity index is 382. The van der Waals surface area contributed by atoms with Gasteiger partial charge in [0.1, 0.15) is 0 Å². The second kappa shape index (κ2) is 5.72. The van der Waals surface area contributed by atoms with E-state index in [9.17, 15) is 0 Å². The molecule has 0 aliphatic heterocycles. The Morgan fingerprint density at radius 3 is 2.06 bits per heavy atom. The molecule has 0 heterocycles. The minimum Gasteiger partial charge on any atom is -0.383 e. The maximum absolute atomic E-state index is 5.83. The average molecular weight is 249 g/mol. The molecule has 1 aromatic carbocycles. The largest absolute Gasteiger partial charge is 0.383 e. The highest BCUT2D eigenvalue weighted by atomic mass is 14.9. The fourth-order valence-electron chi connectivity index (χ4n) is 1.99. The van der Waals surface area contributed by atoms with Gasteiger partial charge in [0.05, 0.1) is 0 Å². The van der Waals surface area contributed by atoms with Crippen LogP contribution in [0.2, 0.25) is 0 Å². The smallest absolute Gasteiger partial charge is 0.0400 e. The molecule has 1 unspecified atom stereocenters. The first-order valence-corrected chi connectivity index (χ1v) is 6.57. The molecule has 18 heavy (non-hydrogen) atoms. The summed E-state index contributed by atoms with van der Waals surface area (Å²) in [5.74, 6) is 0. The van der Waals surface area contributed by atoms with Crippen molar-refractivity contribution in [3.05, 3.63) is 28.8 Å². The van der Waals surface area contributed by atoms with Crippen molar-refractivity contribution in [3.8, 4) is 0 Å². The first kappa shape index (κ1) is 15.0. The first-order valence-electron chi connectivity index (χ1n) is 6.57. The monoisotopic (exact) mass is 249 g/mol. The van der Waals surface area contributed by atoms with E-state index in [1.165, 1.54) is 22.4 Å². The third-order valence-electron chi connectivity index (χ3n) is 3.24. The quantitative estimate of drug-likeness (QED) is 0.767. The van der Waals surface area contributed by atoms with Gasteiger partial charge in [0.2, 0.25) is 0 Å². The Morgan fingerprint density at radius 1 is 1.17 bits per heavy atom. The van der Waals surface area contributed by atoms with Gasteiger partial charge in [0, 0.05) is 24.8 Å². The van der Waals surface area contributed by atoms with Gasteiger partial charge < -0.3 is 16.8 Å². The number of hydrogen-bond donors (Lipinski definition) is 3. The first-order chi connectivity index (χ1) is 8.25. The summed E-state index contributed by atoms with van der Waals surface area (Å²) in [4.78, 5) is 0. The summed E-state index contributed by atoms with van der Waals surface area (Å²) in [7, 11) is 0. The molecule has 0 saturated heterocycles. The van der Waals surface area contributed by atoms with Gasteiger partial charge in [-0.2, -0.15) is 0 Å². The molecule has 102 valence electrons. The van der Waals surface area contributed by atoms with Gasteiger partial charge in [-0.25, -0.2) is 0 Å². The van der Waals surface area contributed by atoms with Gasteiger partial charge in [0.15, 0.2) is 0 Å². The lowest BCUT2D eigenvalue weighted by Gasteiger charge is -2.23. The zero-order valence-electron chi connectivity index (χ0n) is 12.3.